The summed E-state index contributed by atoms with van der Waals surface area (Å²) >= 11 is 6.22. The summed E-state index contributed by atoms with van der Waals surface area (Å²) in [5.74, 6) is 0. The number of hydrogen-bond donors (Lipinski definition) is 0. The molecule has 1 atom stereocenters. The summed E-state index contributed by atoms with van der Waals surface area (Å²) in [4.78, 5) is 10.2. The van der Waals surface area contributed by atoms with Crippen LogP contribution >= 0.6 is 31.9 Å². The number of alkyl halides is 2. The average Bonchev–Trinajstić information content (AvgIpc) is 2.00. The molecule has 0 spiro atoms. The Morgan fingerprint density at radius 1 is 1.64 bits per heavy atom. The zero-order chi connectivity index (χ0) is 8.91. The molecular formula is C6H11Br2NO2. The van der Waals surface area contributed by atoms with E-state index in [4.69, 9.17) is 0 Å². The molecule has 0 aliphatic heterocycles. The van der Waals surface area contributed by atoms with Crippen molar-refractivity contribution in [2.75, 3.05) is 5.33 Å². The van der Waals surface area contributed by atoms with Crippen LogP contribution in [0.1, 0.15) is 26.2 Å². The third-order valence-corrected chi connectivity index (χ3v) is 4.09. The van der Waals surface area contributed by atoms with Gasteiger partial charge in [-0.2, -0.15) is 0 Å². The monoisotopic (exact) mass is 287 g/mol. The molecule has 0 bridgehead atoms. The van der Waals surface area contributed by atoms with Gasteiger partial charge in [0.1, 0.15) is 0 Å². The molecule has 3 nitrogen and oxygen atoms in total. The van der Waals surface area contributed by atoms with Crippen LogP contribution in [0, 0.1) is 10.1 Å². The van der Waals surface area contributed by atoms with Crippen LogP contribution in [0.3, 0.4) is 0 Å². The fourth-order valence-electron chi connectivity index (χ4n) is 0.655. The lowest BCUT2D eigenvalue weighted by atomic mass is 10.1. The molecule has 0 heterocycles. The van der Waals surface area contributed by atoms with Gasteiger partial charge in [0.25, 0.3) is 4.45 Å². The van der Waals surface area contributed by atoms with Crippen molar-refractivity contribution in [2.24, 2.45) is 0 Å². The maximum absolute atomic E-state index is 10.5. The summed E-state index contributed by atoms with van der Waals surface area (Å²) in [5, 5.41) is 10.8. The first-order valence-corrected chi connectivity index (χ1v) is 5.37. The average molecular weight is 289 g/mol. The van der Waals surface area contributed by atoms with Crippen LogP contribution in [-0.2, 0) is 0 Å². The van der Waals surface area contributed by atoms with E-state index in [1.165, 1.54) is 0 Å². The van der Waals surface area contributed by atoms with E-state index in [9.17, 15) is 10.1 Å². The van der Waals surface area contributed by atoms with Gasteiger partial charge in [-0.05, 0) is 6.42 Å². The van der Waals surface area contributed by atoms with Crippen LogP contribution in [0.15, 0.2) is 0 Å². The van der Waals surface area contributed by atoms with E-state index in [1.54, 1.807) is 0 Å². The summed E-state index contributed by atoms with van der Waals surface area (Å²) in [5.41, 5.74) is 0. The van der Waals surface area contributed by atoms with Gasteiger partial charge < -0.3 is 0 Å². The Labute approximate surface area is 83.0 Å². The van der Waals surface area contributed by atoms with Crippen molar-refractivity contribution in [3.8, 4) is 0 Å². The second-order valence-electron chi connectivity index (χ2n) is 2.41. The molecule has 11 heavy (non-hydrogen) atoms. The molecule has 0 saturated carbocycles. The van der Waals surface area contributed by atoms with Gasteiger partial charge >= 0.3 is 0 Å². The summed E-state index contributed by atoms with van der Waals surface area (Å²) in [6, 6.07) is 0. The minimum Gasteiger partial charge on any atom is -0.263 e. The highest BCUT2D eigenvalue weighted by Crippen LogP contribution is 2.27. The first-order chi connectivity index (χ1) is 5.06. The lowest BCUT2D eigenvalue weighted by Crippen LogP contribution is -2.32. The van der Waals surface area contributed by atoms with Gasteiger partial charge in [-0.15, -0.1) is 0 Å². The van der Waals surface area contributed by atoms with Crippen molar-refractivity contribution >= 4 is 31.9 Å². The molecule has 0 rings (SSSR count). The molecular weight excluding hydrogens is 278 g/mol. The highest BCUT2D eigenvalue weighted by Gasteiger charge is 2.37. The van der Waals surface area contributed by atoms with Crippen molar-refractivity contribution in [1.82, 2.24) is 0 Å². The summed E-state index contributed by atoms with van der Waals surface area (Å²) < 4.78 is -0.955. The third kappa shape index (κ3) is 3.51. The first kappa shape index (κ1) is 11.4. The fraction of sp³-hybridized carbons (Fsp3) is 1.00. The summed E-state index contributed by atoms with van der Waals surface area (Å²) in [6.45, 7) is 2.02. The zero-order valence-corrected chi connectivity index (χ0v) is 9.52. The molecule has 0 aromatic heterocycles. The van der Waals surface area contributed by atoms with Crippen LogP contribution in [0.5, 0.6) is 0 Å². The van der Waals surface area contributed by atoms with E-state index in [1.807, 2.05) is 6.92 Å². The molecule has 0 saturated heterocycles. The number of nitro groups is 1. The predicted octanol–water partition coefficient (Wildman–Crippen LogP) is 2.94. The Hall–Kier alpha value is 0.360. The van der Waals surface area contributed by atoms with Crippen molar-refractivity contribution < 1.29 is 4.92 Å². The highest BCUT2D eigenvalue weighted by atomic mass is 79.9. The Bertz CT molecular complexity index is 143. The van der Waals surface area contributed by atoms with E-state index < -0.39 is 4.45 Å². The molecule has 0 N–H and O–H groups in total. The minimum absolute atomic E-state index is 0.280. The van der Waals surface area contributed by atoms with Crippen LogP contribution in [0.2, 0.25) is 0 Å². The molecule has 0 aromatic rings. The number of nitrogens with zero attached hydrogens (tertiary/aromatic N) is 1. The van der Waals surface area contributed by atoms with Crippen molar-refractivity contribution in [1.29, 1.82) is 0 Å². The molecule has 0 aliphatic rings. The number of hydrogen-bond acceptors (Lipinski definition) is 2. The van der Waals surface area contributed by atoms with Gasteiger partial charge in [0.2, 0.25) is 0 Å². The highest BCUT2D eigenvalue weighted by molar-refractivity contribution is 9.12. The SMILES string of the molecule is CCCCC(Br)(CBr)[N+](=O)[O-]. The molecule has 66 valence electrons. The van der Waals surface area contributed by atoms with Crippen molar-refractivity contribution in [3.05, 3.63) is 10.1 Å². The summed E-state index contributed by atoms with van der Waals surface area (Å²) in [7, 11) is 0. The number of rotatable bonds is 5. The Morgan fingerprint density at radius 3 is 2.45 bits per heavy atom. The van der Waals surface area contributed by atoms with Gasteiger partial charge in [-0.1, -0.05) is 29.3 Å². The Kier molecular flexibility index (Phi) is 5.25. The molecule has 0 fully saturated rings. The van der Waals surface area contributed by atoms with Crippen LogP contribution < -0.4 is 0 Å². The molecule has 5 heteroatoms. The topological polar surface area (TPSA) is 43.1 Å². The molecule has 0 aromatic carbocycles. The standard InChI is InChI=1S/C6H11Br2NO2/c1-2-3-4-6(8,5-7)9(10)11/h2-5H2,1H3. The molecule has 0 amide bonds. The van der Waals surface area contributed by atoms with E-state index in [-0.39, 0.29) is 4.92 Å². The molecule has 0 radical (unpaired) electrons. The fourth-order valence-corrected chi connectivity index (χ4v) is 1.42. The van der Waals surface area contributed by atoms with Gasteiger partial charge in [0, 0.05) is 27.3 Å². The van der Waals surface area contributed by atoms with Crippen LogP contribution in [0.25, 0.3) is 0 Å². The van der Waals surface area contributed by atoms with Crippen LogP contribution in [-0.4, -0.2) is 14.7 Å². The number of unbranched alkanes of at least 4 members (excludes halogenated alkanes) is 1. The maximum atomic E-state index is 10.5. The third-order valence-electron chi connectivity index (χ3n) is 1.45. The van der Waals surface area contributed by atoms with E-state index >= 15 is 0 Å². The molecule has 0 aliphatic carbocycles. The Balaban J connectivity index is 3.99. The predicted molar refractivity (Wildman–Crippen MR) is 52.0 cm³/mol. The van der Waals surface area contributed by atoms with E-state index in [0.717, 1.165) is 12.8 Å². The van der Waals surface area contributed by atoms with Gasteiger partial charge in [0.15, 0.2) is 0 Å². The Morgan fingerprint density at radius 2 is 2.18 bits per heavy atom. The lowest BCUT2D eigenvalue weighted by Gasteiger charge is -2.14. The van der Waals surface area contributed by atoms with Crippen molar-refractivity contribution in [2.45, 2.75) is 30.6 Å². The normalized spacial score (nSPS) is 15.9. The second kappa shape index (κ2) is 5.09. The first-order valence-electron chi connectivity index (χ1n) is 3.46. The van der Waals surface area contributed by atoms with E-state index in [0.29, 0.717) is 11.8 Å². The second-order valence-corrected chi connectivity index (χ2v) is 4.45. The summed E-state index contributed by atoms with van der Waals surface area (Å²) in [6.07, 6.45) is 2.42. The largest absolute Gasteiger partial charge is 0.284 e. The quantitative estimate of drug-likeness (QED) is 0.338. The van der Waals surface area contributed by atoms with Crippen LogP contribution in [0.4, 0.5) is 0 Å². The number of halogens is 2. The van der Waals surface area contributed by atoms with Crippen molar-refractivity contribution in [3.63, 3.8) is 0 Å². The molecule has 1 unspecified atom stereocenters. The van der Waals surface area contributed by atoms with Gasteiger partial charge in [-0.3, -0.25) is 10.1 Å². The van der Waals surface area contributed by atoms with Gasteiger partial charge in [0.05, 0.1) is 5.33 Å². The van der Waals surface area contributed by atoms with Gasteiger partial charge in [-0.25, -0.2) is 0 Å². The lowest BCUT2D eigenvalue weighted by molar-refractivity contribution is -0.530. The minimum atomic E-state index is -0.955. The maximum Gasteiger partial charge on any atom is 0.284 e. The smallest absolute Gasteiger partial charge is 0.263 e. The zero-order valence-electron chi connectivity index (χ0n) is 6.35. The van der Waals surface area contributed by atoms with E-state index in [2.05, 4.69) is 31.9 Å².